The molecule has 0 fully saturated rings. The Bertz CT molecular complexity index is 255. The molecule has 0 aromatic rings. The van der Waals surface area contributed by atoms with Crippen LogP contribution in [0, 0.1) is 11.8 Å². The molecule has 0 aliphatic heterocycles. The van der Waals surface area contributed by atoms with Crippen LogP contribution >= 0.6 is 0 Å². The molecule has 0 saturated heterocycles. The summed E-state index contributed by atoms with van der Waals surface area (Å²) in [4.78, 5) is 22.2. The average molecular weight is 316 g/mol. The fourth-order valence-electron chi connectivity index (χ4n) is 2.33. The Balaban J connectivity index is 3.64. The van der Waals surface area contributed by atoms with Crippen LogP contribution in [0.15, 0.2) is 0 Å². The molecule has 0 amide bonds. The van der Waals surface area contributed by atoms with Crippen molar-refractivity contribution >= 4 is 5.97 Å². The first-order valence-corrected chi connectivity index (χ1v) is 9.10. The van der Waals surface area contributed by atoms with Gasteiger partial charge < -0.3 is 4.74 Å². The van der Waals surface area contributed by atoms with Gasteiger partial charge >= 0.3 is 5.97 Å². The van der Waals surface area contributed by atoms with E-state index in [1.165, 1.54) is 19.3 Å². The molecule has 0 spiro atoms. The van der Waals surface area contributed by atoms with Gasteiger partial charge in [-0.05, 0) is 25.2 Å². The van der Waals surface area contributed by atoms with Crippen molar-refractivity contribution < 1.29 is 19.3 Å². The second kappa shape index (κ2) is 15.3. The number of ether oxygens (including phenoxy) is 1. The highest BCUT2D eigenvalue weighted by atomic mass is 17.2. The molecule has 0 rings (SSSR count). The van der Waals surface area contributed by atoms with Crippen molar-refractivity contribution in [2.24, 2.45) is 11.8 Å². The molecule has 2 atom stereocenters. The summed E-state index contributed by atoms with van der Waals surface area (Å²) >= 11 is 0. The van der Waals surface area contributed by atoms with Gasteiger partial charge in [-0.2, -0.15) is 0 Å². The molecular formula is C18H36O4. The monoisotopic (exact) mass is 316 g/mol. The second-order valence-corrected chi connectivity index (χ2v) is 5.94. The maximum Gasteiger partial charge on any atom is 0.309 e. The van der Waals surface area contributed by atoms with Crippen molar-refractivity contribution in [2.75, 3.05) is 19.8 Å². The van der Waals surface area contributed by atoms with E-state index < -0.39 is 0 Å². The van der Waals surface area contributed by atoms with Gasteiger partial charge in [0.05, 0.1) is 12.5 Å². The first-order chi connectivity index (χ1) is 10.7. The summed E-state index contributed by atoms with van der Waals surface area (Å²) in [5, 5.41) is 0. The molecule has 0 saturated carbocycles. The lowest BCUT2D eigenvalue weighted by Crippen LogP contribution is -2.20. The standard InChI is InChI=1S/C18H36O4/c1-5-9-11-16(7-3)15-22-21-14-13-20-18(19)17(8-4)12-10-6-2/h16-17H,5-15H2,1-4H3. The van der Waals surface area contributed by atoms with Gasteiger partial charge in [-0.1, -0.05) is 59.8 Å². The van der Waals surface area contributed by atoms with Crippen LogP contribution in [-0.2, 0) is 19.3 Å². The third-order valence-corrected chi connectivity index (χ3v) is 4.07. The quantitative estimate of drug-likeness (QED) is 0.186. The van der Waals surface area contributed by atoms with Crippen molar-refractivity contribution in [3.8, 4) is 0 Å². The lowest BCUT2D eigenvalue weighted by Gasteiger charge is -2.15. The van der Waals surface area contributed by atoms with Crippen LogP contribution in [0.5, 0.6) is 0 Å². The van der Waals surface area contributed by atoms with E-state index in [0.717, 1.165) is 32.1 Å². The summed E-state index contributed by atoms with van der Waals surface area (Å²) in [7, 11) is 0. The van der Waals surface area contributed by atoms with E-state index in [0.29, 0.717) is 19.1 Å². The summed E-state index contributed by atoms with van der Waals surface area (Å²) in [6, 6.07) is 0. The Kier molecular flexibility index (Phi) is 14.9. The topological polar surface area (TPSA) is 44.8 Å². The normalized spacial score (nSPS) is 13.8. The molecule has 0 aliphatic carbocycles. The van der Waals surface area contributed by atoms with Crippen molar-refractivity contribution in [1.29, 1.82) is 0 Å². The molecule has 0 bridgehead atoms. The summed E-state index contributed by atoms with van der Waals surface area (Å²) in [5.41, 5.74) is 0. The van der Waals surface area contributed by atoms with E-state index in [4.69, 9.17) is 14.5 Å². The molecule has 0 N–H and O–H groups in total. The largest absolute Gasteiger partial charge is 0.463 e. The van der Waals surface area contributed by atoms with E-state index in [1.54, 1.807) is 0 Å². The fourth-order valence-corrected chi connectivity index (χ4v) is 2.33. The van der Waals surface area contributed by atoms with Crippen LogP contribution in [0.25, 0.3) is 0 Å². The Morgan fingerprint density at radius 1 is 0.864 bits per heavy atom. The summed E-state index contributed by atoms with van der Waals surface area (Å²) in [5.74, 6) is 0.481. The summed E-state index contributed by atoms with van der Waals surface area (Å²) in [6.07, 6.45) is 8.67. The third kappa shape index (κ3) is 11.0. The highest BCUT2D eigenvalue weighted by Crippen LogP contribution is 2.14. The molecule has 0 heterocycles. The number of rotatable bonds is 15. The number of carbonyl (C=O) groups excluding carboxylic acids is 1. The third-order valence-electron chi connectivity index (χ3n) is 4.07. The van der Waals surface area contributed by atoms with E-state index >= 15 is 0 Å². The van der Waals surface area contributed by atoms with Gasteiger partial charge in [-0.15, -0.1) is 0 Å². The van der Waals surface area contributed by atoms with E-state index in [2.05, 4.69) is 20.8 Å². The zero-order chi connectivity index (χ0) is 16.6. The second-order valence-electron chi connectivity index (χ2n) is 5.94. The smallest absolute Gasteiger partial charge is 0.309 e. The molecule has 22 heavy (non-hydrogen) atoms. The van der Waals surface area contributed by atoms with E-state index in [-0.39, 0.29) is 18.5 Å². The minimum absolute atomic E-state index is 0.0272. The Hall–Kier alpha value is -0.610. The van der Waals surface area contributed by atoms with Crippen LogP contribution in [0.3, 0.4) is 0 Å². The van der Waals surface area contributed by atoms with Gasteiger partial charge in [0.15, 0.2) is 0 Å². The van der Waals surface area contributed by atoms with Crippen molar-refractivity contribution in [3.05, 3.63) is 0 Å². The minimum Gasteiger partial charge on any atom is -0.463 e. The molecule has 132 valence electrons. The highest BCUT2D eigenvalue weighted by molar-refractivity contribution is 5.72. The number of esters is 1. The zero-order valence-electron chi connectivity index (χ0n) is 15.1. The Morgan fingerprint density at radius 2 is 1.55 bits per heavy atom. The van der Waals surface area contributed by atoms with Crippen molar-refractivity contribution in [2.45, 2.75) is 79.1 Å². The lowest BCUT2D eigenvalue weighted by molar-refractivity contribution is -0.305. The molecule has 0 aliphatic rings. The minimum atomic E-state index is -0.103. The molecule has 2 unspecified atom stereocenters. The highest BCUT2D eigenvalue weighted by Gasteiger charge is 2.17. The fraction of sp³-hybridized carbons (Fsp3) is 0.944. The maximum absolute atomic E-state index is 11.9. The van der Waals surface area contributed by atoms with Gasteiger partial charge in [-0.25, -0.2) is 9.78 Å². The summed E-state index contributed by atoms with van der Waals surface area (Å²) in [6.45, 7) is 9.73. The summed E-state index contributed by atoms with van der Waals surface area (Å²) < 4.78 is 5.25. The van der Waals surface area contributed by atoms with Gasteiger partial charge in [0.25, 0.3) is 0 Å². The van der Waals surface area contributed by atoms with Gasteiger partial charge in [0, 0.05) is 0 Å². The molecule has 4 heteroatoms. The molecule has 4 nitrogen and oxygen atoms in total. The molecule has 0 aromatic heterocycles. The number of carbonyl (C=O) groups is 1. The SMILES string of the molecule is CCCCC(CC)COOCCOC(=O)C(CC)CCCC. The molecule has 0 radical (unpaired) electrons. The van der Waals surface area contributed by atoms with Crippen LogP contribution in [0.1, 0.15) is 79.1 Å². The number of hydrogen-bond donors (Lipinski definition) is 0. The number of hydrogen-bond acceptors (Lipinski definition) is 4. The van der Waals surface area contributed by atoms with E-state index in [9.17, 15) is 4.79 Å². The van der Waals surface area contributed by atoms with E-state index in [1.807, 2.05) is 6.92 Å². The van der Waals surface area contributed by atoms with Crippen molar-refractivity contribution in [1.82, 2.24) is 0 Å². The predicted molar refractivity (Wildman–Crippen MR) is 89.5 cm³/mol. The molecular weight excluding hydrogens is 280 g/mol. The van der Waals surface area contributed by atoms with Crippen LogP contribution < -0.4 is 0 Å². The van der Waals surface area contributed by atoms with Crippen LogP contribution in [0.2, 0.25) is 0 Å². The Morgan fingerprint density at radius 3 is 2.14 bits per heavy atom. The van der Waals surface area contributed by atoms with Gasteiger partial charge in [0.1, 0.15) is 13.2 Å². The maximum atomic E-state index is 11.9. The van der Waals surface area contributed by atoms with Gasteiger partial charge in [-0.3, -0.25) is 4.79 Å². The van der Waals surface area contributed by atoms with Crippen molar-refractivity contribution in [3.63, 3.8) is 0 Å². The number of unbranched alkanes of at least 4 members (excludes halogenated alkanes) is 2. The van der Waals surface area contributed by atoms with Gasteiger partial charge in [0.2, 0.25) is 0 Å². The van der Waals surface area contributed by atoms with Crippen LogP contribution in [-0.4, -0.2) is 25.8 Å². The Labute approximate surface area is 136 Å². The average Bonchev–Trinajstić information content (AvgIpc) is 2.54. The lowest BCUT2D eigenvalue weighted by atomic mass is 10.00. The first-order valence-electron chi connectivity index (χ1n) is 9.10. The van der Waals surface area contributed by atoms with Crippen LogP contribution in [0.4, 0.5) is 0 Å². The predicted octanol–water partition coefficient (Wildman–Crippen LogP) is 4.91. The molecule has 0 aromatic carbocycles. The zero-order valence-corrected chi connectivity index (χ0v) is 15.1. The first kappa shape index (κ1) is 21.4.